The van der Waals surface area contributed by atoms with Gasteiger partial charge in [0.15, 0.2) is 0 Å². The quantitative estimate of drug-likeness (QED) is 0.0675. The first kappa shape index (κ1) is 84.6. The molecule has 9 aromatic carbocycles. The fraction of sp³-hybridized carbons (Fsp3) is 0.233. The van der Waals surface area contributed by atoms with Gasteiger partial charge in [-0.05, 0) is 244 Å². The number of anilines is 9. The van der Waals surface area contributed by atoms with Crippen molar-refractivity contribution in [2.75, 3.05) is 124 Å². The molecular weight excluding hydrogens is 1600 g/mol. The van der Waals surface area contributed by atoms with Gasteiger partial charge in [0.1, 0.15) is 5.58 Å². The van der Waals surface area contributed by atoms with Crippen molar-refractivity contribution in [3.05, 3.63) is 275 Å². The number of fused-ring (bicyclic) bond motifs is 3. The predicted molar refractivity (Wildman–Crippen MR) is 468 cm³/mol. The van der Waals surface area contributed by atoms with Crippen molar-refractivity contribution in [3.8, 4) is 0 Å². The predicted octanol–water partition coefficient (Wildman–Crippen LogP) is 13.3. The summed E-state index contributed by atoms with van der Waals surface area (Å²) in [5.41, 5.74) is 12.7. The van der Waals surface area contributed by atoms with Crippen LogP contribution >= 0.6 is 0 Å². The number of furan rings is 1. The minimum absolute atomic E-state index is 0.221. The van der Waals surface area contributed by atoms with E-state index in [1.165, 1.54) is 34.4 Å². The van der Waals surface area contributed by atoms with Crippen LogP contribution in [-0.4, -0.2) is 171 Å². The maximum absolute atomic E-state index is 13.0. The third-order valence-electron chi connectivity index (χ3n) is 20.8. The zero-order chi connectivity index (χ0) is 84.7. The molecule has 0 aliphatic carbocycles. The van der Waals surface area contributed by atoms with E-state index in [2.05, 4.69) is 31.6 Å². The fourth-order valence-corrected chi connectivity index (χ4v) is 19.8. The normalized spacial score (nSPS) is 16.5. The van der Waals surface area contributed by atoms with Gasteiger partial charge in [-0.1, -0.05) is 36.4 Å². The number of carbonyl (C=O) groups excluding carboxylic acids is 5. The summed E-state index contributed by atoms with van der Waals surface area (Å²) in [7, 11) is -5.81. The maximum Gasteiger partial charge on any atom is 0.303 e. The van der Waals surface area contributed by atoms with E-state index in [1.54, 1.807) is 187 Å². The molecule has 4 aliphatic rings. The summed E-state index contributed by atoms with van der Waals surface area (Å²) >= 11 is 0. The van der Waals surface area contributed by atoms with Gasteiger partial charge in [0, 0.05) is 173 Å². The first-order valence-electron chi connectivity index (χ1n) is 38.3. The molecule has 0 atom stereocenters. The number of aryl methyl sites for hydroxylation is 4. The molecule has 33 heteroatoms. The molecule has 119 heavy (non-hydrogen) atoms. The van der Waals surface area contributed by atoms with E-state index >= 15 is 0 Å². The Hall–Kier alpha value is -12.3. The summed E-state index contributed by atoms with van der Waals surface area (Å²) in [5, 5.41) is 17.4. The average molecular weight is 1690 g/mol. The van der Waals surface area contributed by atoms with Crippen LogP contribution in [0.5, 0.6) is 0 Å². The lowest BCUT2D eigenvalue weighted by atomic mass is 10.1. The highest BCUT2D eigenvalue weighted by Gasteiger charge is 2.35. The number of rotatable bonds is 14. The SMILES string of the molecule is CN1CCCN(c2ccc(C(=O)Nc3ccc4ncccc4c3)cc2)S1(=O)=O.CN1CCCN(c2ccc(C(=O)Nc3ccc4occc4c3)cc2)S1(=O)=O.Cc1cc(N2CCCN(C)S2(=O)=O)ccc1C(=O)Nc1ccc2ccn(C)c2c1.Cc1ccc(NC(=O)c2ccc(N3CCCN(C)S3(=O)=O)cc2C)cc1NC(=O)c1ccccc1. The van der Waals surface area contributed by atoms with Gasteiger partial charge >= 0.3 is 40.8 Å². The molecule has 618 valence electrons. The zero-order valence-electron chi connectivity index (χ0n) is 66.7. The van der Waals surface area contributed by atoms with E-state index in [1.807, 2.05) is 104 Å². The van der Waals surface area contributed by atoms with Gasteiger partial charge in [-0.2, -0.15) is 50.9 Å². The number of benzene rings is 9. The van der Waals surface area contributed by atoms with Crippen molar-refractivity contribution in [3.63, 3.8) is 0 Å². The summed E-state index contributed by atoms with van der Waals surface area (Å²) in [6, 6.07) is 61.9. The van der Waals surface area contributed by atoms with Gasteiger partial charge < -0.3 is 35.6 Å². The summed E-state index contributed by atoms with van der Waals surface area (Å²) in [6.45, 7) is 9.21. The minimum atomic E-state index is -3.56. The Morgan fingerprint density at radius 1 is 0.345 bits per heavy atom. The Kier molecular flexibility index (Phi) is 25.5. The molecule has 4 aliphatic heterocycles. The summed E-state index contributed by atoms with van der Waals surface area (Å²) in [6.07, 6.45) is 8.31. The highest BCUT2D eigenvalue weighted by molar-refractivity contribution is 7.91. The largest absolute Gasteiger partial charge is 0.464 e. The minimum Gasteiger partial charge on any atom is -0.464 e. The molecule has 3 aromatic heterocycles. The van der Waals surface area contributed by atoms with E-state index in [0.29, 0.717) is 137 Å². The molecule has 0 unspecified atom stereocenters. The molecule has 16 rings (SSSR count). The summed E-state index contributed by atoms with van der Waals surface area (Å²) in [5.74, 6) is -1.29. The zero-order valence-corrected chi connectivity index (χ0v) is 70.0. The monoisotopic (exact) mass is 1690 g/mol. The molecular formula is C86H91N15O14S4. The topological polar surface area (TPSA) is 339 Å². The molecule has 0 radical (unpaired) electrons. The van der Waals surface area contributed by atoms with E-state index < -0.39 is 40.8 Å². The summed E-state index contributed by atoms with van der Waals surface area (Å²) in [4.78, 5) is 67.6. The van der Waals surface area contributed by atoms with Gasteiger partial charge in [0.2, 0.25) is 0 Å². The van der Waals surface area contributed by atoms with Crippen LogP contribution in [0.15, 0.2) is 235 Å². The second-order valence-electron chi connectivity index (χ2n) is 29.1. The van der Waals surface area contributed by atoms with Gasteiger partial charge in [-0.25, -0.2) is 0 Å². The average Bonchev–Trinajstić information content (AvgIpc) is 1.40. The highest BCUT2D eigenvalue weighted by Crippen LogP contribution is 2.33. The van der Waals surface area contributed by atoms with Gasteiger partial charge in [-0.15, -0.1) is 0 Å². The lowest BCUT2D eigenvalue weighted by molar-refractivity contribution is 0.101. The van der Waals surface area contributed by atoms with E-state index in [-0.39, 0.29) is 29.5 Å². The van der Waals surface area contributed by atoms with Crippen molar-refractivity contribution in [1.82, 2.24) is 26.8 Å². The smallest absolute Gasteiger partial charge is 0.303 e. The van der Waals surface area contributed by atoms with Crippen LogP contribution in [0.2, 0.25) is 0 Å². The Bertz CT molecular complexity index is 6310. The van der Waals surface area contributed by atoms with Gasteiger partial charge in [0.25, 0.3) is 29.5 Å². The first-order chi connectivity index (χ1) is 56.8. The molecule has 0 spiro atoms. The molecule has 4 saturated heterocycles. The number of nitrogens with zero attached hydrogens (tertiary/aromatic N) is 10. The number of amides is 5. The third kappa shape index (κ3) is 19.1. The van der Waals surface area contributed by atoms with Gasteiger partial charge in [0.05, 0.1) is 34.5 Å². The Morgan fingerprint density at radius 3 is 1.25 bits per heavy atom. The van der Waals surface area contributed by atoms with Crippen LogP contribution in [0.1, 0.15) is 94.2 Å². The molecule has 0 bridgehead atoms. The second-order valence-corrected chi connectivity index (χ2v) is 36.9. The Morgan fingerprint density at radius 2 is 0.756 bits per heavy atom. The molecule has 5 N–H and O–H groups in total. The number of aromatic nitrogens is 2. The lowest BCUT2D eigenvalue weighted by Gasteiger charge is -2.34. The van der Waals surface area contributed by atoms with Crippen LogP contribution in [-0.2, 0) is 47.9 Å². The molecule has 29 nitrogen and oxygen atoms in total. The van der Waals surface area contributed by atoms with Crippen LogP contribution in [0.4, 0.5) is 51.2 Å². The standard InChI is InChI=1S/C26H28N4O4S.C21H24N4O3S.C20H20N4O3S.C19H19N3O4S/c1-18-10-11-21(17-24(18)28-25(31)20-8-5-4-6-9-20)27-26(32)23-13-12-22(16-19(23)2)30-15-7-14-29(3)35(30,33)34;1-15-13-18(25-11-4-10-24(3)29(25,27)28)7-8-19(15)21(26)22-17-6-5-16-9-12-23(2)20(16)14-17;1-23-12-3-13-24(28(23,26)27)18-8-5-15(6-9-18)20(25)22-17-7-10-19-16(14-17)4-2-11-21-19;1-21-10-2-11-22(27(21,24)25)17-6-3-14(4-7-17)19(23)20-16-5-8-18-15(13-16)9-12-26-18/h4-6,8-13,16-17H,7,14-15H2,1-3H3,(H,27,32)(H,28,31);5-9,12-14H,4,10-11H2,1-3H3,(H,22,26);2,4-11,14H,3,12-13H2,1H3,(H,22,25);3-9,12-13H,2,10-11H2,1H3,(H,20,23). The number of hydrogen-bond acceptors (Lipinski definition) is 15. The molecule has 5 amide bonds. The van der Waals surface area contributed by atoms with E-state index in [9.17, 15) is 57.6 Å². The molecule has 7 heterocycles. The number of carbonyl (C=O) groups is 5. The number of hydrogen-bond donors (Lipinski definition) is 5. The van der Waals surface area contributed by atoms with E-state index in [0.717, 1.165) is 69.6 Å². The summed E-state index contributed by atoms with van der Waals surface area (Å²) < 4.78 is 118. The molecule has 12 aromatic rings. The molecule has 0 saturated carbocycles. The van der Waals surface area contributed by atoms with E-state index in [4.69, 9.17) is 4.42 Å². The van der Waals surface area contributed by atoms with Crippen LogP contribution in [0, 0.1) is 20.8 Å². The van der Waals surface area contributed by atoms with Crippen LogP contribution in [0.25, 0.3) is 32.8 Å². The molecule has 4 fully saturated rings. The lowest BCUT2D eigenvalue weighted by Crippen LogP contribution is -2.48. The highest BCUT2D eigenvalue weighted by atomic mass is 32.2. The van der Waals surface area contributed by atoms with Crippen molar-refractivity contribution in [2.45, 2.75) is 46.5 Å². The van der Waals surface area contributed by atoms with Crippen LogP contribution in [0.3, 0.4) is 0 Å². The Labute approximate surface area is 692 Å². The maximum atomic E-state index is 13.0. The van der Waals surface area contributed by atoms with Crippen molar-refractivity contribution < 1.29 is 62.1 Å². The number of nitrogens with one attached hydrogen (secondary N) is 5. The fourth-order valence-electron chi connectivity index (χ4n) is 14.0. The number of pyridine rings is 1. The first-order valence-corrected chi connectivity index (χ1v) is 43.9. The third-order valence-corrected chi connectivity index (χ3v) is 28.5. The van der Waals surface area contributed by atoms with Crippen molar-refractivity contribution in [2.24, 2.45) is 7.05 Å². The van der Waals surface area contributed by atoms with Crippen molar-refractivity contribution >= 4 is 154 Å². The van der Waals surface area contributed by atoms with Crippen molar-refractivity contribution in [1.29, 1.82) is 0 Å². The van der Waals surface area contributed by atoms with Gasteiger partial charge in [-0.3, -0.25) is 46.2 Å². The second kappa shape index (κ2) is 35.9. The Balaban J connectivity index is 0.000000138. The van der Waals surface area contributed by atoms with Crippen LogP contribution < -0.4 is 43.8 Å².